The number of amides is 2. The molecular weight excluding hydrogens is 376 g/mol. The molecule has 0 aromatic carbocycles. The Bertz CT molecular complexity index is 569. The number of carbonyl (C=O) groups is 5. The van der Waals surface area contributed by atoms with E-state index in [4.69, 9.17) is 26.8 Å². The Morgan fingerprint density at radius 1 is 0.714 bits per heavy atom. The Kier molecular flexibility index (Phi) is 12.1. The highest BCUT2D eigenvalue weighted by molar-refractivity contribution is 5.86. The molecule has 0 aliphatic carbocycles. The topological polar surface area (TPSA) is 222 Å². The van der Waals surface area contributed by atoms with Crippen LogP contribution in [0, 0.1) is 0 Å². The normalized spacial score (nSPS) is 13.8. The average Bonchev–Trinajstić information content (AvgIpc) is 2.61. The van der Waals surface area contributed by atoms with Crippen molar-refractivity contribution < 1.29 is 39.3 Å². The maximum Gasteiger partial charge on any atom is 0.326 e. The van der Waals surface area contributed by atoms with Crippen LogP contribution < -0.4 is 22.1 Å². The number of nitrogens with one attached hydrogen (secondary N) is 2. The monoisotopic (exact) mass is 404 g/mol. The van der Waals surface area contributed by atoms with Crippen molar-refractivity contribution in [2.24, 2.45) is 11.5 Å². The molecule has 160 valence electrons. The quantitative estimate of drug-likeness (QED) is 0.152. The van der Waals surface area contributed by atoms with E-state index in [1.807, 2.05) is 0 Å². The summed E-state index contributed by atoms with van der Waals surface area (Å²) >= 11 is 0. The highest BCUT2D eigenvalue weighted by Crippen LogP contribution is 2.04. The van der Waals surface area contributed by atoms with Gasteiger partial charge in [0.2, 0.25) is 11.8 Å². The summed E-state index contributed by atoms with van der Waals surface area (Å²) < 4.78 is 0. The van der Waals surface area contributed by atoms with Crippen molar-refractivity contribution in [3.05, 3.63) is 0 Å². The second kappa shape index (κ2) is 13.4. The molecule has 0 saturated carbocycles. The molecule has 3 atom stereocenters. The standard InChI is InChI=1S/C16H28N4O8/c17-8-2-1-3-10(15(25)26)19-13(22)7-5-11(16(27)28)20-12(21)6-4-9(18)14(23)24/h9-11H,1-8,17-18H2,(H,19,22)(H,20,21)(H,23,24)(H,25,26)(H,27,28)/t9-,10-,11-/m0/s1. The first-order chi connectivity index (χ1) is 13.1. The molecule has 0 aromatic rings. The van der Waals surface area contributed by atoms with E-state index >= 15 is 0 Å². The fourth-order valence-electron chi connectivity index (χ4n) is 2.23. The average molecular weight is 404 g/mol. The van der Waals surface area contributed by atoms with Crippen LogP contribution in [-0.4, -0.2) is 69.7 Å². The van der Waals surface area contributed by atoms with E-state index in [0.29, 0.717) is 19.4 Å². The minimum absolute atomic E-state index is 0.170. The third kappa shape index (κ3) is 11.1. The lowest BCUT2D eigenvalue weighted by atomic mass is 10.1. The molecule has 0 aliphatic rings. The van der Waals surface area contributed by atoms with Gasteiger partial charge in [-0.05, 0) is 38.6 Å². The van der Waals surface area contributed by atoms with Crippen LogP contribution in [-0.2, 0) is 24.0 Å². The van der Waals surface area contributed by atoms with Crippen molar-refractivity contribution in [3.8, 4) is 0 Å². The zero-order valence-electron chi connectivity index (χ0n) is 15.4. The van der Waals surface area contributed by atoms with E-state index in [2.05, 4.69) is 10.6 Å². The lowest BCUT2D eigenvalue weighted by Gasteiger charge is -2.17. The van der Waals surface area contributed by atoms with Gasteiger partial charge in [0.15, 0.2) is 0 Å². The minimum atomic E-state index is -1.38. The van der Waals surface area contributed by atoms with Crippen LogP contribution in [0.2, 0.25) is 0 Å². The molecule has 2 amide bonds. The van der Waals surface area contributed by atoms with Crippen molar-refractivity contribution in [1.82, 2.24) is 10.6 Å². The fourth-order valence-corrected chi connectivity index (χ4v) is 2.23. The Balaban J connectivity index is 4.50. The Morgan fingerprint density at radius 2 is 1.18 bits per heavy atom. The predicted molar refractivity (Wildman–Crippen MR) is 96.1 cm³/mol. The molecule has 0 rings (SSSR count). The van der Waals surface area contributed by atoms with Gasteiger partial charge in [-0.25, -0.2) is 9.59 Å². The van der Waals surface area contributed by atoms with E-state index < -0.39 is 47.8 Å². The van der Waals surface area contributed by atoms with Gasteiger partial charge in [-0.2, -0.15) is 0 Å². The molecule has 28 heavy (non-hydrogen) atoms. The molecule has 0 aliphatic heterocycles. The summed E-state index contributed by atoms with van der Waals surface area (Å²) in [5.74, 6) is -5.23. The second-order valence-electron chi connectivity index (χ2n) is 6.22. The van der Waals surface area contributed by atoms with Crippen LogP contribution in [0.1, 0.15) is 44.9 Å². The Morgan fingerprint density at radius 3 is 1.61 bits per heavy atom. The van der Waals surface area contributed by atoms with Crippen molar-refractivity contribution in [1.29, 1.82) is 0 Å². The van der Waals surface area contributed by atoms with Gasteiger partial charge in [0.1, 0.15) is 18.1 Å². The summed E-state index contributed by atoms with van der Waals surface area (Å²) in [4.78, 5) is 56.6. The van der Waals surface area contributed by atoms with Gasteiger partial charge in [0.05, 0.1) is 0 Å². The van der Waals surface area contributed by atoms with Crippen LogP contribution in [0.4, 0.5) is 0 Å². The van der Waals surface area contributed by atoms with Crippen LogP contribution in [0.25, 0.3) is 0 Å². The van der Waals surface area contributed by atoms with E-state index in [1.165, 1.54) is 0 Å². The highest BCUT2D eigenvalue weighted by atomic mass is 16.4. The number of aliphatic carboxylic acids is 3. The lowest BCUT2D eigenvalue weighted by molar-refractivity contribution is -0.143. The molecule has 12 heteroatoms. The molecule has 0 aromatic heterocycles. The summed E-state index contributed by atoms with van der Waals surface area (Å²) in [6.45, 7) is 0.400. The van der Waals surface area contributed by atoms with Gasteiger partial charge in [0, 0.05) is 12.8 Å². The molecule has 0 unspecified atom stereocenters. The van der Waals surface area contributed by atoms with E-state index in [0.717, 1.165) is 0 Å². The third-order valence-corrected chi connectivity index (χ3v) is 3.87. The number of rotatable bonds is 15. The van der Waals surface area contributed by atoms with Crippen molar-refractivity contribution >= 4 is 29.7 Å². The van der Waals surface area contributed by atoms with Crippen LogP contribution in [0.5, 0.6) is 0 Å². The van der Waals surface area contributed by atoms with Gasteiger partial charge in [0.25, 0.3) is 0 Å². The first-order valence-corrected chi connectivity index (χ1v) is 8.81. The summed E-state index contributed by atoms with van der Waals surface area (Å²) in [6.07, 6.45) is 0.294. The molecule has 0 bridgehead atoms. The smallest absolute Gasteiger partial charge is 0.326 e. The zero-order chi connectivity index (χ0) is 21.7. The summed E-state index contributed by atoms with van der Waals surface area (Å²) in [5, 5.41) is 31.4. The molecule has 0 saturated heterocycles. The first kappa shape index (κ1) is 25.3. The van der Waals surface area contributed by atoms with Crippen LogP contribution in [0.3, 0.4) is 0 Å². The van der Waals surface area contributed by atoms with Crippen LogP contribution >= 0.6 is 0 Å². The van der Waals surface area contributed by atoms with Crippen molar-refractivity contribution in [2.45, 2.75) is 63.1 Å². The number of carboxylic acids is 3. The molecule has 12 nitrogen and oxygen atoms in total. The number of carboxylic acid groups (broad SMARTS) is 3. The van der Waals surface area contributed by atoms with Crippen molar-refractivity contribution in [3.63, 3.8) is 0 Å². The predicted octanol–water partition coefficient (Wildman–Crippen LogP) is -1.77. The van der Waals surface area contributed by atoms with Gasteiger partial charge in [-0.3, -0.25) is 14.4 Å². The SMILES string of the molecule is NCCCC[C@H](NC(=O)CC[C@H](NC(=O)CC[C@H](N)C(=O)O)C(=O)O)C(=O)O. The summed E-state index contributed by atoms with van der Waals surface area (Å²) in [7, 11) is 0. The van der Waals surface area contributed by atoms with E-state index in [-0.39, 0.29) is 32.1 Å². The number of unbranched alkanes of at least 4 members (excludes halogenated alkanes) is 1. The van der Waals surface area contributed by atoms with Crippen LogP contribution in [0.15, 0.2) is 0 Å². The van der Waals surface area contributed by atoms with Gasteiger partial charge in [-0.15, -0.1) is 0 Å². The highest BCUT2D eigenvalue weighted by Gasteiger charge is 2.24. The minimum Gasteiger partial charge on any atom is -0.480 e. The van der Waals surface area contributed by atoms with E-state index in [1.54, 1.807) is 0 Å². The van der Waals surface area contributed by atoms with E-state index in [9.17, 15) is 24.0 Å². The number of hydrogen-bond donors (Lipinski definition) is 7. The summed E-state index contributed by atoms with van der Waals surface area (Å²) in [5.41, 5.74) is 10.6. The fraction of sp³-hybridized carbons (Fsp3) is 0.688. The Hall–Kier alpha value is -2.73. The molecule has 0 spiro atoms. The first-order valence-electron chi connectivity index (χ1n) is 8.81. The molecule has 0 fully saturated rings. The lowest BCUT2D eigenvalue weighted by Crippen LogP contribution is -2.44. The summed E-state index contributed by atoms with van der Waals surface area (Å²) in [6, 6.07) is -3.72. The molecule has 0 heterocycles. The van der Waals surface area contributed by atoms with Gasteiger partial charge in [-0.1, -0.05) is 0 Å². The number of carbonyl (C=O) groups excluding carboxylic acids is 2. The Labute approximate surface area is 161 Å². The largest absolute Gasteiger partial charge is 0.480 e. The number of hydrogen-bond acceptors (Lipinski definition) is 7. The molecular formula is C16H28N4O8. The molecule has 0 radical (unpaired) electrons. The molecule has 9 N–H and O–H groups in total. The second-order valence-corrected chi connectivity index (χ2v) is 6.22. The third-order valence-electron chi connectivity index (χ3n) is 3.87. The maximum absolute atomic E-state index is 11.9. The maximum atomic E-state index is 11.9. The van der Waals surface area contributed by atoms with Crippen molar-refractivity contribution in [2.75, 3.05) is 6.54 Å². The van der Waals surface area contributed by atoms with Gasteiger partial charge < -0.3 is 37.4 Å². The zero-order valence-corrected chi connectivity index (χ0v) is 15.4. The van der Waals surface area contributed by atoms with Gasteiger partial charge >= 0.3 is 17.9 Å². The number of nitrogens with two attached hydrogens (primary N) is 2.